The summed E-state index contributed by atoms with van der Waals surface area (Å²) in [4.78, 5) is 27.1. The molecule has 4 rings (SSSR count). The van der Waals surface area contributed by atoms with Crippen molar-refractivity contribution in [2.45, 2.75) is 25.8 Å². The first-order valence-electron chi connectivity index (χ1n) is 10.8. The van der Waals surface area contributed by atoms with Crippen molar-refractivity contribution in [3.8, 4) is 0 Å². The monoisotopic (exact) mass is 420 g/mol. The molecule has 0 radical (unpaired) electrons. The largest absolute Gasteiger partial charge is 0.379 e. The van der Waals surface area contributed by atoms with Crippen LogP contribution in [0.25, 0.3) is 0 Å². The van der Waals surface area contributed by atoms with Crippen LogP contribution in [0.15, 0.2) is 59.7 Å². The molecule has 0 atom stereocenters. The lowest BCUT2D eigenvalue weighted by Crippen LogP contribution is -2.35. The van der Waals surface area contributed by atoms with Gasteiger partial charge in [0.1, 0.15) is 0 Å². The number of anilines is 1. The van der Waals surface area contributed by atoms with Gasteiger partial charge in [0.15, 0.2) is 0 Å². The number of hydrogen-bond donors (Lipinski definition) is 1. The molecule has 31 heavy (non-hydrogen) atoms. The zero-order chi connectivity index (χ0) is 21.5. The number of nitrogens with zero attached hydrogens (tertiary/aromatic N) is 3. The molecule has 1 fully saturated rings. The molecular formula is C24H28N4O3. The Bertz CT molecular complexity index is 922. The van der Waals surface area contributed by atoms with Crippen LogP contribution in [0.1, 0.15) is 30.4 Å². The van der Waals surface area contributed by atoms with E-state index in [9.17, 15) is 9.59 Å². The molecular weight excluding hydrogens is 392 g/mol. The Labute approximate surface area is 182 Å². The zero-order valence-electron chi connectivity index (χ0n) is 17.6. The predicted molar refractivity (Wildman–Crippen MR) is 120 cm³/mol. The SMILES string of the molecule is O=C(CCC(=O)N1CCC(c2ccccc2)=N1)Nc1ccc(CN2CCOCC2)cc1. The van der Waals surface area contributed by atoms with Crippen LogP contribution in [0.5, 0.6) is 0 Å². The van der Waals surface area contributed by atoms with Crippen molar-refractivity contribution in [2.75, 3.05) is 38.2 Å². The number of amides is 2. The number of nitrogens with one attached hydrogen (secondary N) is 1. The summed E-state index contributed by atoms with van der Waals surface area (Å²) >= 11 is 0. The van der Waals surface area contributed by atoms with E-state index < -0.39 is 0 Å². The van der Waals surface area contributed by atoms with Gasteiger partial charge in [0.05, 0.1) is 25.5 Å². The average Bonchev–Trinajstić information content (AvgIpc) is 3.31. The Morgan fingerprint density at radius 1 is 0.935 bits per heavy atom. The highest BCUT2D eigenvalue weighted by Gasteiger charge is 2.22. The molecule has 2 aliphatic heterocycles. The van der Waals surface area contributed by atoms with Crippen molar-refractivity contribution in [2.24, 2.45) is 5.10 Å². The van der Waals surface area contributed by atoms with Gasteiger partial charge in [0.25, 0.3) is 0 Å². The highest BCUT2D eigenvalue weighted by molar-refractivity contribution is 6.02. The third-order valence-corrected chi connectivity index (χ3v) is 5.51. The summed E-state index contributed by atoms with van der Waals surface area (Å²) < 4.78 is 5.37. The van der Waals surface area contributed by atoms with Gasteiger partial charge in [0, 0.05) is 44.6 Å². The normalized spacial score (nSPS) is 16.8. The number of benzene rings is 2. The van der Waals surface area contributed by atoms with Crippen LogP contribution in [-0.2, 0) is 20.9 Å². The molecule has 7 heteroatoms. The van der Waals surface area contributed by atoms with E-state index >= 15 is 0 Å². The molecule has 0 aliphatic carbocycles. The molecule has 0 unspecified atom stereocenters. The van der Waals surface area contributed by atoms with Crippen molar-refractivity contribution < 1.29 is 14.3 Å². The first-order valence-corrected chi connectivity index (χ1v) is 10.8. The smallest absolute Gasteiger partial charge is 0.243 e. The molecule has 0 saturated carbocycles. The quantitative estimate of drug-likeness (QED) is 0.748. The number of carbonyl (C=O) groups excluding carboxylic acids is 2. The van der Waals surface area contributed by atoms with E-state index in [0.29, 0.717) is 6.54 Å². The molecule has 0 bridgehead atoms. The van der Waals surface area contributed by atoms with Gasteiger partial charge in [0.2, 0.25) is 11.8 Å². The first-order chi connectivity index (χ1) is 15.2. The van der Waals surface area contributed by atoms with E-state index in [0.717, 1.165) is 56.2 Å². The van der Waals surface area contributed by atoms with Crippen molar-refractivity contribution in [1.29, 1.82) is 0 Å². The second-order valence-corrected chi connectivity index (χ2v) is 7.81. The minimum atomic E-state index is -0.166. The average molecular weight is 421 g/mol. The third-order valence-electron chi connectivity index (χ3n) is 5.51. The van der Waals surface area contributed by atoms with Crippen molar-refractivity contribution >= 4 is 23.2 Å². The molecule has 2 aliphatic rings. The Kier molecular flexibility index (Phi) is 7.07. The molecule has 2 heterocycles. The summed E-state index contributed by atoms with van der Waals surface area (Å²) in [5.74, 6) is -0.289. The molecule has 162 valence electrons. The number of hydrogen-bond acceptors (Lipinski definition) is 5. The minimum absolute atomic E-state index is 0.123. The summed E-state index contributed by atoms with van der Waals surface area (Å²) in [5.41, 5.74) is 3.90. The van der Waals surface area contributed by atoms with E-state index in [1.807, 2.05) is 54.6 Å². The van der Waals surface area contributed by atoms with Gasteiger partial charge in [-0.25, -0.2) is 5.01 Å². The topological polar surface area (TPSA) is 74.2 Å². The standard InChI is InChI=1S/C24H28N4O3/c29-23(25-21-8-6-19(7-9-21)18-27-14-16-31-17-15-27)10-11-24(30)28-13-12-22(26-28)20-4-2-1-3-5-20/h1-9H,10-18H2,(H,25,29). The Balaban J connectivity index is 1.22. The molecule has 7 nitrogen and oxygen atoms in total. The van der Waals surface area contributed by atoms with Crippen LogP contribution >= 0.6 is 0 Å². The summed E-state index contributed by atoms with van der Waals surface area (Å²) in [6.07, 6.45) is 1.02. The van der Waals surface area contributed by atoms with Crippen LogP contribution in [0.2, 0.25) is 0 Å². The summed E-state index contributed by atoms with van der Waals surface area (Å²) in [6.45, 7) is 4.90. The fraction of sp³-hybridized carbons (Fsp3) is 0.375. The van der Waals surface area contributed by atoms with Gasteiger partial charge in [-0.05, 0) is 23.3 Å². The molecule has 2 amide bonds. The summed E-state index contributed by atoms with van der Waals surface area (Å²) in [7, 11) is 0. The van der Waals surface area contributed by atoms with Crippen molar-refractivity contribution in [3.63, 3.8) is 0 Å². The molecule has 1 saturated heterocycles. The molecule has 0 aromatic heterocycles. The number of ether oxygens (including phenoxy) is 1. The highest BCUT2D eigenvalue weighted by atomic mass is 16.5. The van der Waals surface area contributed by atoms with Crippen LogP contribution < -0.4 is 5.32 Å². The van der Waals surface area contributed by atoms with Crippen molar-refractivity contribution in [3.05, 3.63) is 65.7 Å². The maximum Gasteiger partial charge on any atom is 0.243 e. The fourth-order valence-electron chi connectivity index (χ4n) is 3.75. The molecule has 2 aromatic carbocycles. The number of hydrazone groups is 1. The fourth-order valence-corrected chi connectivity index (χ4v) is 3.75. The minimum Gasteiger partial charge on any atom is -0.379 e. The second-order valence-electron chi connectivity index (χ2n) is 7.81. The molecule has 2 aromatic rings. The van der Waals surface area contributed by atoms with Crippen LogP contribution in [0.3, 0.4) is 0 Å². The van der Waals surface area contributed by atoms with E-state index in [4.69, 9.17) is 4.74 Å². The van der Waals surface area contributed by atoms with E-state index in [2.05, 4.69) is 15.3 Å². The van der Waals surface area contributed by atoms with Gasteiger partial charge in [-0.1, -0.05) is 42.5 Å². The molecule has 1 N–H and O–H groups in total. The van der Waals surface area contributed by atoms with Gasteiger partial charge < -0.3 is 10.1 Å². The van der Waals surface area contributed by atoms with Crippen LogP contribution in [0, 0.1) is 0 Å². The number of carbonyl (C=O) groups is 2. The summed E-state index contributed by atoms with van der Waals surface area (Å²) in [6, 6.07) is 17.7. The van der Waals surface area contributed by atoms with Gasteiger partial charge in [-0.2, -0.15) is 5.10 Å². The first kappa shape index (κ1) is 21.2. The lowest BCUT2D eigenvalue weighted by atomic mass is 10.1. The molecule has 0 spiro atoms. The Hall–Kier alpha value is -3.03. The zero-order valence-corrected chi connectivity index (χ0v) is 17.6. The second kappa shape index (κ2) is 10.3. The highest BCUT2D eigenvalue weighted by Crippen LogP contribution is 2.16. The maximum absolute atomic E-state index is 12.4. The number of morpholine rings is 1. The third kappa shape index (κ3) is 5.99. The van der Waals surface area contributed by atoms with Crippen LogP contribution in [0.4, 0.5) is 5.69 Å². The van der Waals surface area contributed by atoms with E-state index in [1.54, 1.807) is 0 Å². The number of rotatable bonds is 7. The van der Waals surface area contributed by atoms with E-state index in [1.165, 1.54) is 10.6 Å². The predicted octanol–water partition coefficient (Wildman–Crippen LogP) is 2.87. The van der Waals surface area contributed by atoms with Gasteiger partial charge in [-0.15, -0.1) is 0 Å². The Morgan fingerprint density at radius 3 is 2.42 bits per heavy atom. The van der Waals surface area contributed by atoms with Crippen LogP contribution in [-0.4, -0.2) is 60.3 Å². The van der Waals surface area contributed by atoms with Crippen molar-refractivity contribution in [1.82, 2.24) is 9.91 Å². The lowest BCUT2D eigenvalue weighted by molar-refractivity contribution is -0.132. The van der Waals surface area contributed by atoms with Gasteiger partial charge in [-0.3, -0.25) is 14.5 Å². The Morgan fingerprint density at radius 2 is 1.68 bits per heavy atom. The maximum atomic E-state index is 12.4. The lowest BCUT2D eigenvalue weighted by Gasteiger charge is -2.26. The van der Waals surface area contributed by atoms with E-state index in [-0.39, 0.29) is 24.7 Å². The summed E-state index contributed by atoms with van der Waals surface area (Å²) in [5, 5.41) is 8.79. The van der Waals surface area contributed by atoms with Gasteiger partial charge >= 0.3 is 0 Å².